The van der Waals surface area contributed by atoms with Crippen molar-refractivity contribution in [2.75, 3.05) is 13.1 Å². The Hall–Kier alpha value is -0.910. The maximum absolute atomic E-state index is 12.1. The summed E-state index contributed by atoms with van der Waals surface area (Å²) in [5, 5.41) is 3.25. The lowest BCUT2D eigenvalue weighted by atomic mass is 10.0. The lowest BCUT2D eigenvalue weighted by molar-refractivity contribution is 0.478. The van der Waals surface area contributed by atoms with Gasteiger partial charge in [-0.05, 0) is 23.6 Å². The summed E-state index contributed by atoms with van der Waals surface area (Å²) < 4.78 is 26.9. The average Bonchev–Trinajstić information content (AvgIpc) is 2.47. The standard InChI is InChI=1S/C16H28N2O2S/c1-4-14(5-2)12-18-21(19,20)13-16-9-7-15(8-10-16)11-17-6-3/h7-10,14,17-18H,4-6,11-13H2,1-3H3. The molecule has 0 atom stereocenters. The van der Waals surface area contributed by atoms with Gasteiger partial charge in [-0.1, -0.05) is 57.9 Å². The van der Waals surface area contributed by atoms with E-state index in [1.54, 1.807) is 0 Å². The van der Waals surface area contributed by atoms with Gasteiger partial charge in [0.1, 0.15) is 0 Å². The van der Waals surface area contributed by atoms with E-state index >= 15 is 0 Å². The van der Waals surface area contributed by atoms with E-state index in [2.05, 4.69) is 30.8 Å². The van der Waals surface area contributed by atoms with Crippen LogP contribution in [0.3, 0.4) is 0 Å². The van der Waals surface area contributed by atoms with E-state index in [1.165, 1.54) is 5.56 Å². The summed E-state index contributed by atoms with van der Waals surface area (Å²) in [5.74, 6) is 0.469. The molecule has 0 fully saturated rings. The molecular weight excluding hydrogens is 284 g/mol. The molecule has 4 nitrogen and oxygen atoms in total. The van der Waals surface area contributed by atoms with Crippen molar-refractivity contribution in [1.29, 1.82) is 0 Å². The van der Waals surface area contributed by atoms with E-state index in [0.717, 1.165) is 31.5 Å². The molecule has 0 aliphatic heterocycles. The van der Waals surface area contributed by atoms with Crippen LogP contribution < -0.4 is 10.0 Å². The van der Waals surface area contributed by atoms with Crippen LogP contribution in [0.1, 0.15) is 44.7 Å². The van der Waals surface area contributed by atoms with Gasteiger partial charge in [-0.25, -0.2) is 13.1 Å². The highest BCUT2D eigenvalue weighted by atomic mass is 32.2. The summed E-state index contributed by atoms with van der Waals surface area (Å²) in [6.45, 7) is 8.52. The van der Waals surface area contributed by atoms with Crippen LogP contribution in [-0.4, -0.2) is 21.5 Å². The molecule has 0 heterocycles. The molecule has 21 heavy (non-hydrogen) atoms. The molecule has 1 aromatic rings. The molecule has 5 heteroatoms. The Bertz CT molecular complexity index is 494. The highest BCUT2D eigenvalue weighted by molar-refractivity contribution is 7.88. The third kappa shape index (κ3) is 7.07. The Labute approximate surface area is 129 Å². The van der Waals surface area contributed by atoms with Gasteiger partial charge in [0.15, 0.2) is 0 Å². The molecule has 0 aliphatic rings. The first kappa shape index (κ1) is 18.1. The summed E-state index contributed by atoms with van der Waals surface area (Å²) in [4.78, 5) is 0. The lowest BCUT2D eigenvalue weighted by Crippen LogP contribution is -2.30. The molecule has 2 N–H and O–H groups in total. The molecule has 1 aromatic carbocycles. The van der Waals surface area contributed by atoms with Crippen LogP contribution in [0.25, 0.3) is 0 Å². The van der Waals surface area contributed by atoms with Gasteiger partial charge in [0.25, 0.3) is 0 Å². The van der Waals surface area contributed by atoms with Crippen LogP contribution in [0.5, 0.6) is 0 Å². The molecule has 0 radical (unpaired) electrons. The summed E-state index contributed by atoms with van der Waals surface area (Å²) in [6, 6.07) is 7.74. The van der Waals surface area contributed by atoms with Crippen molar-refractivity contribution >= 4 is 10.0 Å². The van der Waals surface area contributed by atoms with Crippen molar-refractivity contribution in [2.24, 2.45) is 5.92 Å². The predicted molar refractivity (Wildman–Crippen MR) is 88.5 cm³/mol. The van der Waals surface area contributed by atoms with Gasteiger partial charge in [0.05, 0.1) is 5.75 Å². The third-order valence-electron chi connectivity index (χ3n) is 3.71. The van der Waals surface area contributed by atoms with E-state index < -0.39 is 10.0 Å². The normalized spacial score (nSPS) is 12.0. The van der Waals surface area contributed by atoms with Crippen molar-refractivity contribution in [1.82, 2.24) is 10.0 Å². The Balaban J connectivity index is 2.54. The van der Waals surface area contributed by atoms with Crippen LogP contribution in [-0.2, 0) is 22.3 Å². The average molecular weight is 312 g/mol. The van der Waals surface area contributed by atoms with Crippen LogP contribution in [0.4, 0.5) is 0 Å². The Kier molecular flexibility index (Phi) is 7.93. The highest BCUT2D eigenvalue weighted by Gasteiger charge is 2.13. The van der Waals surface area contributed by atoms with Crippen molar-refractivity contribution < 1.29 is 8.42 Å². The van der Waals surface area contributed by atoms with E-state index in [-0.39, 0.29) is 5.75 Å². The number of rotatable bonds is 10. The van der Waals surface area contributed by atoms with Crippen LogP contribution in [0.15, 0.2) is 24.3 Å². The smallest absolute Gasteiger partial charge is 0.215 e. The van der Waals surface area contributed by atoms with Gasteiger partial charge in [-0.3, -0.25) is 0 Å². The molecule has 0 spiro atoms. The predicted octanol–water partition coefficient (Wildman–Crippen LogP) is 2.65. The van der Waals surface area contributed by atoms with E-state index in [9.17, 15) is 8.42 Å². The van der Waals surface area contributed by atoms with Crippen molar-refractivity contribution in [3.63, 3.8) is 0 Å². The minimum Gasteiger partial charge on any atom is -0.313 e. The SMILES string of the molecule is CCNCc1ccc(CS(=O)(=O)NCC(CC)CC)cc1. The molecule has 0 unspecified atom stereocenters. The molecule has 0 amide bonds. The van der Waals surface area contributed by atoms with Gasteiger partial charge >= 0.3 is 0 Å². The molecular formula is C16H28N2O2S. The number of hydrogen-bond donors (Lipinski definition) is 2. The maximum Gasteiger partial charge on any atom is 0.215 e. The first-order valence-corrected chi connectivity index (χ1v) is 9.41. The van der Waals surface area contributed by atoms with Crippen LogP contribution in [0.2, 0.25) is 0 Å². The largest absolute Gasteiger partial charge is 0.313 e. The monoisotopic (exact) mass is 312 g/mol. The Morgan fingerprint density at radius 1 is 1.00 bits per heavy atom. The molecule has 0 aromatic heterocycles. The third-order valence-corrected chi connectivity index (χ3v) is 5.03. The number of benzene rings is 1. The fraction of sp³-hybridized carbons (Fsp3) is 0.625. The molecule has 1 rings (SSSR count). The summed E-state index contributed by atoms with van der Waals surface area (Å²) in [6.07, 6.45) is 2.00. The Morgan fingerprint density at radius 2 is 1.57 bits per heavy atom. The minimum absolute atomic E-state index is 0.0502. The molecule has 0 saturated carbocycles. The van der Waals surface area contributed by atoms with E-state index in [0.29, 0.717) is 12.5 Å². The second-order valence-corrected chi connectivity index (χ2v) is 7.19. The number of hydrogen-bond acceptors (Lipinski definition) is 3. The van der Waals surface area contributed by atoms with Gasteiger partial charge < -0.3 is 5.32 Å². The zero-order valence-corrected chi connectivity index (χ0v) is 14.2. The van der Waals surface area contributed by atoms with Gasteiger partial charge in [-0.2, -0.15) is 0 Å². The first-order chi connectivity index (χ1) is 10.0. The quantitative estimate of drug-likeness (QED) is 0.698. The van der Waals surface area contributed by atoms with Crippen LogP contribution in [0, 0.1) is 5.92 Å². The second kappa shape index (κ2) is 9.18. The molecule has 0 saturated heterocycles. The maximum atomic E-state index is 12.1. The van der Waals surface area contributed by atoms with Gasteiger partial charge in [-0.15, -0.1) is 0 Å². The fourth-order valence-electron chi connectivity index (χ4n) is 2.12. The summed E-state index contributed by atoms with van der Waals surface area (Å²) in [5.41, 5.74) is 2.00. The lowest BCUT2D eigenvalue weighted by Gasteiger charge is -2.13. The fourth-order valence-corrected chi connectivity index (χ4v) is 3.34. The van der Waals surface area contributed by atoms with Crippen molar-refractivity contribution in [3.8, 4) is 0 Å². The van der Waals surface area contributed by atoms with Crippen molar-refractivity contribution in [2.45, 2.75) is 45.9 Å². The summed E-state index contributed by atoms with van der Waals surface area (Å²) in [7, 11) is -3.25. The zero-order chi connectivity index (χ0) is 15.7. The Morgan fingerprint density at radius 3 is 2.10 bits per heavy atom. The van der Waals surface area contributed by atoms with Crippen LogP contribution >= 0.6 is 0 Å². The number of nitrogens with one attached hydrogen (secondary N) is 2. The van der Waals surface area contributed by atoms with E-state index in [4.69, 9.17) is 0 Å². The minimum atomic E-state index is -3.25. The summed E-state index contributed by atoms with van der Waals surface area (Å²) >= 11 is 0. The topological polar surface area (TPSA) is 58.2 Å². The van der Waals surface area contributed by atoms with Gasteiger partial charge in [0.2, 0.25) is 10.0 Å². The number of sulfonamides is 1. The van der Waals surface area contributed by atoms with Gasteiger partial charge in [0, 0.05) is 13.1 Å². The van der Waals surface area contributed by atoms with E-state index in [1.807, 2.05) is 24.3 Å². The molecule has 0 aliphatic carbocycles. The molecule has 120 valence electrons. The molecule has 0 bridgehead atoms. The zero-order valence-electron chi connectivity index (χ0n) is 13.4. The first-order valence-electron chi connectivity index (χ1n) is 7.76. The second-order valence-electron chi connectivity index (χ2n) is 5.39. The highest BCUT2D eigenvalue weighted by Crippen LogP contribution is 2.10. The van der Waals surface area contributed by atoms with Crippen molar-refractivity contribution in [3.05, 3.63) is 35.4 Å².